The number of carbonyl (C=O) groups is 1. The fourth-order valence-corrected chi connectivity index (χ4v) is 4.01. The lowest BCUT2D eigenvalue weighted by molar-refractivity contribution is -0.144. The molecule has 1 fully saturated rings. The van der Waals surface area contributed by atoms with Crippen LogP contribution in [0.2, 0.25) is 0 Å². The van der Waals surface area contributed by atoms with Gasteiger partial charge in [-0.3, -0.25) is 9.59 Å². The summed E-state index contributed by atoms with van der Waals surface area (Å²) < 4.78 is 6.00. The van der Waals surface area contributed by atoms with Crippen LogP contribution in [0.5, 0.6) is 0 Å². The van der Waals surface area contributed by atoms with E-state index in [0.29, 0.717) is 36.0 Å². The minimum atomic E-state index is -0.155. The summed E-state index contributed by atoms with van der Waals surface area (Å²) in [6.07, 6.45) is 2.43. The molecule has 2 aromatic rings. The van der Waals surface area contributed by atoms with E-state index in [1.54, 1.807) is 0 Å². The molecule has 0 bridgehead atoms. The van der Waals surface area contributed by atoms with Gasteiger partial charge >= 0.3 is 0 Å². The van der Waals surface area contributed by atoms with E-state index in [2.05, 4.69) is 29.0 Å². The fourth-order valence-electron chi connectivity index (χ4n) is 3.59. The Morgan fingerprint density at radius 3 is 2.79 bits per heavy atom. The Morgan fingerprint density at radius 1 is 1.36 bits per heavy atom. The Labute approximate surface area is 169 Å². The standard InChI is InChI=1S/C21H27N3O3S/c1-13-7-5-6-8-16(13)18-11-24(14(2)12-27-18)19(25)10-9-17-15(3)22-21(28-4)23-20(17)26/h5-8,14,18H,9-12H2,1-4H3,(H,22,23,26)/t14-,18+/m0/s1. The van der Waals surface area contributed by atoms with Gasteiger partial charge in [0.2, 0.25) is 5.91 Å². The number of morpholine rings is 1. The monoisotopic (exact) mass is 401 g/mol. The van der Waals surface area contributed by atoms with E-state index in [4.69, 9.17) is 4.74 Å². The minimum absolute atomic E-state index is 0.0177. The van der Waals surface area contributed by atoms with Crippen LogP contribution in [0.25, 0.3) is 0 Å². The molecule has 0 aliphatic carbocycles. The Morgan fingerprint density at radius 2 is 2.11 bits per heavy atom. The first-order valence-electron chi connectivity index (χ1n) is 9.51. The second-order valence-corrected chi connectivity index (χ2v) is 8.01. The van der Waals surface area contributed by atoms with Crippen molar-refractivity contribution < 1.29 is 9.53 Å². The van der Waals surface area contributed by atoms with Crippen molar-refractivity contribution in [3.63, 3.8) is 0 Å². The molecule has 1 N–H and O–H groups in total. The molecule has 1 aliphatic rings. The molecule has 1 aromatic carbocycles. The van der Waals surface area contributed by atoms with Crippen LogP contribution in [0.1, 0.15) is 41.8 Å². The van der Waals surface area contributed by atoms with Crippen molar-refractivity contribution >= 4 is 17.7 Å². The lowest BCUT2D eigenvalue weighted by atomic mass is 10.0. The van der Waals surface area contributed by atoms with Gasteiger partial charge < -0.3 is 14.6 Å². The molecule has 6 nitrogen and oxygen atoms in total. The topological polar surface area (TPSA) is 75.3 Å². The van der Waals surface area contributed by atoms with Gasteiger partial charge in [0.1, 0.15) is 6.10 Å². The van der Waals surface area contributed by atoms with Crippen molar-refractivity contribution in [2.75, 3.05) is 19.4 Å². The molecular weight excluding hydrogens is 374 g/mol. The highest BCUT2D eigenvalue weighted by molar-refractivity contribution is 7.98. The number of benzene rings is 1. The van der Waals surface area contributed by atoms with Gasteiger partial charge in [-0.1, -0.05) is 36.0 Å². The molecule has 0 radical (unpaired) electrons. The van der Waals surface area contributed by atoms with Gasteiger partial charge in [-0.05, 0) is 44.6 Å². The van der Waals surface area contributed by atoms with Crippen LogP contribution in [0.15, 0.2) is 34.2 Å². The van der Waals surface area contributed by atoms with Gasteiger partial charge in [0.25, 0.3) is 5.56 Å². The molecule has 1 saturated heterocycles. The molecule has 28 heavy (non-hydrogen) atoms. The molecule has 3 rings (SSSR count). The maximum absolute atomic E-state index is 12.9. The highest BCUT2D eigenvalue weighted by atomic mass is 32.2. The zero-order chi connectivity index (χ0) is 20.3. The van der Waals surface area contributed by atoms with Crippen LogP contribution in [-0.2, 0) is 16.0 Å². The Hall–Kier alpha value is -2.12. The molecule has 1 aromatic heterocycles. The number of thioether (sulfide) groups is 1. The summed E-state index contributed by atoms with van der Waals surface area (Å²) in [6.45, 7) is 6.92. The SMILES string of the molecule is CSc1nc(C)c(CCC(=O)N2C[C@H](c3ccccc3C)OC[C@@H]2C)c(=O)[nH]1. The zero-order valence-electron chi connectivity index (χ0n) is 16.8. The Balaban J connectivity index is 1.70. The number of carbonyl (C=O) groups excluding carboxylic acids is 1. The van der Waals surface area contributed by atoms with Crippen molar-refractivity contribution in [2.24, 2.45) is 0 Å². The van der Waals surface area contributed by atoms with Gasteiger partial charge in [0, 0.05) is 17.7 Å². The number of hydrogen-bond donors (Lipinski definition) is 1. The van der Waals surface area contributed by atoms with E-state index in [1.807, 2.05) is 37.1 Å². The summed E-state index contributed by atoms with van der Waals surface area (Å²) in [5.41, 5.74) is 3.40. The first kappa shape index (κ1) is 20.6. The van der Waals surface area contributed by atoms with Crippen LogP contribution >= 0.6 is 11.8 Å². The molecule has 0 saturated carbocycles. The van der Waals surface area contributed by atoms with E-state index in [-0.39, 0.29) is 30.0 Å². The maximum atomic E-state index is 12.9. The van der Waals surface area contributed by atoms with Crippen LogP contribution in [-0.4, -0.2) is 46.2 Å². The first-order chi connectivity index (χ1) is 13.4. The third kappa shape index (κ3) is 4.47. The largest absolute Gasteiger partial charge is 0.370 e. The van der Waals surface area contributed by atoms with Crippen molar-refractivity contribution in [2.45, 2.75) is 50.9 Å². The minimum Gasteiger partial charge on any atom is -0.370 e. The van der Waals surface area contributed by atoms with Crippen molar-refractivity contribution in [1.29, 1.82) is 0 Å². The van der Waals surface area contributed by atoms with Crippen LogP contribution in [0.3, 0.4) is 0 Å². The molecule has 7 heteroatoms. The smallest absolute Gasteiger partial charge is 0.254 e. The van der Waals surface area contributed by atoms with Gasteiger partial charge in [0.05, 0.1) is 19.2 Å². The Kier molecular flexibility index (Phi) is 6.57. The van der Waals surface area contributed by atoms with Crippen LogP contribution in [0, 0.1) is 13.8 Å². The molecule has 1 amide bonds. The predicted octanol–water partition coefficient (Wildman–Crippen LogP) is 3.03. The summed E-state index contributed by atoms with van der Waals surface area (Å²) >= 11 is 1.40. The zero-order valence-corrected chi connectivity index (χ0v) is 17.6. The van der Waals surface area contributed by atoms with Gasteiger partial charge in [0.15, 0.2) is 5.16 Å². The molecule has 2 atom stereocenters. The highest BCUT2D eigenvalue weighted by Gasteiger charge is 2.31. The maximum Gasteiger partial charge on any atom is 0.254 e. The average molecular weight is 402 g/mol. The number of nitrogens with zero attached hydrogens (tertiary/aromatic N) is 2. The average Bonchev–Trinajstić information content (AvgIpc) is 2.68. The van der Waals surface area contributed by atoms with Gasteiger partial charge in [-0.15, -0.1) is 0 Å². The third-order valence-electron chi connectivity index (χ3n) is 5.27. The number of nitrogens with one attached hydrogen (secondary N) is 1. The molecule has 1 aliphatic heterocycles. The predicted molar refractivity (Wildman–Crippen MR) is 111 cm³/mol. The second kappa shape index (κ2) is 8.92. The number of hydrogen-bond acceptors (Lipinski definition) is 5. The van der Waals surface area contributed by atoms with Gasteiger partial charge in [-0.25, -0.2) is 4.98 Å². The number of rotatable bonds is 5. The number of aromatic amines is 1. The molecule has 0 unspecified atom stereocenters. The number of aryl methyl sites for hydroxylation is 2. The summed E-state index contributed by atoms with van der Waals surface area (Å²) in [4.78, 5) is 34.2. The summed E-state index contributed by atoms with van der Waals surface area (Å²) in [7, 11) is 0. The molecule has 150 valence electrons. The van der Waals surface area contributed by atoms with Crippen LogP contribution in [0.4, 0.5) is 0 Å². The quantitative estimate of drug-likeness (QED) is 0.616. The normalized spacial score (nSPS) is 19.6. The third-order valence-corrected chi connectivity index (χ3v) is 5.85. The van der Waals surface area contributed by atoms with E-state index in [1.165, 1.54) is 11.8 Å². The van der Waals surface area contributed by atoms with Crippen molar-refractivity contribution in [1.82, 2.24) is 14.9 Å². The number of aromatic nitrogens is 2. The first-order valence-corrected chi connectivity index (χ1v) is 10.7. The van der Waals surface area contributed by atoms with Crippen molar-refractivity contribution in [3.05, 3.63) is 57.0 Å². The Bertz CT molecular complexity index is 912. The number of amides is 1. The van der Waals surface area contributed by atoms with E-state index < -0.39 is 0 Å². The lowest BCUT2D eigenvalue weighted by Crippen LogP contribution is -2.48. The summed E-state index contributed by atoms with van der Waals surface area (Å²) in [5, 5.41) is 0.598. The summed E-state index contributed by atoms with van der Waals surface area (Å²) in [5.74, 6) is 0.0436. The number of ether oxygens (including phenoxy) is 1. The number of H-pyrrole nitrogens is 1. The fraction of sp³-hybridized carbons (Fsp3) is 0.476. The second-order valence-electron chi connectivity index (χ2n) is 7.21. The van der Waals surface area contributed by atoms with Crippen LogP contribution < -0.4 is 5.56 Å². The van der Waals surface area contributed by atoms with E-state index >= 15 is 0 Å². The summed E-state index contributed by atoms with van der Waals surface area (Å²) in [6, 6.07) is 8.13. The van der Waals surface area contributed by atoms with Gasteiger partial charge in [-0.2, -0.15) is 0 Å². The van der Waals surface area contributed by atoms with Crippen molar-refractivity contribution in [3.8, 4) is 0 Å². The van der Waals surface area contributed by atoms with E-state index in [0.717, 1.165) is 11.1 Å². The lowest BCUT2D eigenvalue weighted by Gasteiger charge is -2.38. The van der Waals surface area contributed by atoms with E-state index in [9.17, 15) is 9.59 Å². The molecule has 0 spiro atoms. The molecular formula is C21H27N3O3S. The highest BCUT2D eigenvalue weighted by Crippen LogP contribution is 2.27. The molecule has 2 heterocycles.